The highest BCUT2D eigenvalue weighted by Gasteiger charge is 2.51. The molecule has 2 amide bonds. The maximum Gasteiger partial charge on any atom is 0.321 e. The lowest BCUT2D eigenvalue weighted by molar-refractivity contribution is 0.00959. The van der Waals surface area contributed by atoms with Crippen LogP contribution < -0.4 is 5.32 Å². The molecular weight excluding hydrogens is 332 g/mol. The zero-order chi connectivity index (χ0) is 18.1. The molecular formula is C19H24N4O3. The van der Waals surface area contributed by atoms with Crippen molar-refractivity contribution in [3.63, 3.8) is 0 Å². The van der Waals surface area contributed by atoms with E-state index in [2.05, 4.69) is 15.5 Å². The highest BCUT2D eigenvalue weighted by atomic mass is 16.5. The molecule has 4 rings (SSSR count). The minimum absolute atomic E-state index is 0.0511. The van der Waals surface area contributed by atoms with Crippen molar-refractivity contribution < 1.29 is 14.1 Å². The van der Waals surface area contributed by atoms with Gasteiger partial charge in [-0.2, -0.15) is 4.98 Å². The summed E-state index contributed by atoms with van der Waals surface area (Å²) in [5.74, 6) is 1.32. The Balaban J connectivity index is 1.56. The number of rotatable bonds is 2. The summed E-state index contributed by atoms with van der Waals surface area (Å²) < 4.78 is 11.0. The van der Waals surface area contributed by atoms with E-state index in [1.54, 1.807) is 0 Å². The second kappa shape index (κ2) is 6.72. The summed E-state index contributed by atoms with van der Waals surface area (Å²) in [5.41, 5.74) is 1.83. The van der Waals surface area contributed by atoms with Gasteiger partial charge in [-0.25, -0.2) is 4.79 Å². The summed E-state index contributed by atoms with van der Waals surface area (Å²) in [6, 6.07) is 7.72. The van der Waals surface area contributed by atoms with Gasteiger partial charge < -0.3 is 19.5 Å². The summed E-state index contributed by atoms with van der Waals surface area (Å²) in [7, 11) is 0. The Kier molecular flexibility index (Phi) is 4.40. The van der Waals surface area contributed by atoms with Gasteiger partial charge in [-0.1, -0.05) is 23.4 Å². The predicted molar refractivity (Wildman–Crippen MR) is 96.0 cm³/mol. The number of hydrogen-bond donors (Lipinski definition) is 1. The van der Waals surface area contributed by atoms with E-state index in [9.17, 15) is 4.79 Å². The van der Waals surface area contributed by atoms with E-state index in [1.165, 1.54) is 0 Å². The van der Waals surface area contributed by atoms with Crippen LogP contribution in [0.25, 0.3) is 0 Å². The van der Waals surface area contributed by atoms with Gasteiger partial charge in [-0.15, -0.1) is 0 Å². The SMILES string of the molecule is Cc1noc([C@@H]2CN(C(=O)Nc3ccccc3C)CC23CCOCC3)n1. The van der Waals surface area contributed by atoms with E-state index in [0.29, 0.717) is 38.0 Å². The number of carbonyl (C=O) groups is 1. The smallest absolute Gasteiger partial charge is 0.321 e. The molecule has 0 unspecified atom stereocenters. The fraction of sp³-hybridized carbons (Fsp3) is 0.526. The molecule has 0 aliphatic carbocycles. The van der Waals surface area contributed by atoms with Crippen LogP contribution in [0, 0.1) is 19.3 Å². The van der Waals surface area contributed by atoms with E-state index >= 15 is 0 Å². The highest BCUT2D eigenvalue weighted by molar-refractivity contribution is 5.90. The normalized spacial score (nSPS) is 21.9. The summed E-state index contributed by atoms with van der Waals surface area (Å²) in [4.78, 5) is 19.2. The quantitative estimate of drug-likeness (QED) is 0.894. The molecule has 2 aliphatic rings. The van der Waals surface area contributed by atoms with Crippen molar-refractivity contribution in [2.45, 2.75) is 32.6 Å². The molecule has 7 nitrogen and oxygen atoms in total. The van der Waals surface area contributed by atoms with E-state index in [4.69, 9.17) is 9.26 Å². The number of nitrogens with one attached hydrogen (secondary N) is 1. The monoisotopic (exact) mass is 356 g/mol. The minimum Gasteiger partial charge on any atom is -0.381 e. The number of anilines is 1. The van der Waals surface area contributed by atoms with Crippen LogP contribution in [0.4, 0.5) is 10.5 Å². The maximum absolute atomic E-state index is 12.9. The lowest BCUT2D eigenvalue weighted by Crippen LogP contribution is -2.38. The van der Waals surface area contributed by atoms with Crippen molar-refractivity contribution >= 4 is 11.7 Å². The number of hydrogen-bond acceptors (Lipinski definition) is 5. The first kappa shape index (κ1) is 17.0. The fourth-order valence-corrected chi connectivity index (χ4v) is 4.11. The molecule has 1 spiro atoms. The van der Waals surface area contributed by atoms with Gasteiger partial charge in [0.15, 0.2) is 5.82 Å². The van der Waals surface area contributed by atoms with Gasteiger partial charge >= 0.3 is 6.03 Å². The van der Waals surface area contributed by atoms with Crippen LogP contribution in [0.2, 0.25) is 0 Å². The van der Waals surface area contributed by atoms with Crippen molar-refractivity contribution in [1.29, 1.82) is 0 Å². The second-order valence-corrected chi connectivity index (χ2v) is 7.33. The van der Waals surface area contributed by atoms with Crippen LogP contribution in [0.15, 0.2) is 28.8 Å². The third kappa shape index (κ3) is 3.07. The van der Waals surface area contributed by atoms with Crippen LogP contribution in [0.3, 0.4) is 0 Å². The van der Waals surface area contributed by atoms with Gasteiger partial charge in [0, 0.05) is 37.4 Å². The Morgan fingerprint density at radius 2 is 2.04 bits per heavy atom. The first-order valence-corrected chi connectivity index (χ1v) is 9.07. The Morgan fingerprint density at radius 1 is 1.27 bits per heavy atom. The van der Waals surface area contributed by atoms with Crippen LogP contribution in [-0.2, 0) is 4.74 Å². The largest absolute Gasteiger partial charge is 0.381 e. The molecule has 0 bridgehead atoms. The highest BCUT2D eigenvalue weighted by Crippen LogP contribution is 2.49. The maximum atomic E-state index is 12.9. The number of nitrogens with zero attached hydrogens (tertiary/aromatic N) is 3. The Hall–Kier alpha value is -2.41. The first-order chi connectivity index (χ1) is 12.6. The number of aryl methyl sites for hydroxylation is 2. The van der Waals surface area contributed by atoms with Crippen molar-refractivity contribution in [2.75, 3.05) is 31.6 Å². The molecule has 2 fully saturated rings. The van der Waals surface area contributed by atoms with Crippen LogP contribution >= 0.6 is 0 Å². The Bertz CT molecular complexity index is 798. The first-order valence-electron chi connectivity index (χ1n) is 9.07. The molecule has 2 saturated heterocycles. The van der Waals surface area contributed by atoms with E-state index in [1.807, 2.05) is 43.0 Å². The van der Waals surface area contributed by atoms with Crippen LogP contribution in [-0.4, -0.2) is 47.4 Å². The molecule has 0 saturated carbocycles. The van der Waals surface area contributed by atoms with Crippen LogP contribution in [0.5, 0.6) is 0 Å². The zero-order valence-electron chi connectivity index (χ0n) is 15.2. The number of urea groups is 1. The lowest BCUT2D eigenvalue weighted by Gasteiger charge is -2.36. The Labute approximate surface area is 152 Å². The molecule has 26 heavy (non-hydrogen) atoms. The van der Waals surface area contributed by atoms with Gasteiger partial charge in [-0.05, 0) is 38.3 Å². The molecule has 2 aromatic rings. The van der Waals surface area contributed by atoms with E-state index < -0.39 is 0 Å². The summed E-state index contributed by atoms with van der Waals surface area (Å²) in [5, 5.41) is 6.99. The third-order valence-electron chi connectivity index (χ3n) is 5.65. The standard InChI is InChI=1S/C19H24N4O3/c1-13-5-3-4-6-16(13)21-18(24)23-11-15(17-20-14(2)22-26-17)19(12-23)7-9-25-10-8-19/h3-6,15H,7-12H2,1-2H3,(H,21,24)/t15-/m0/s1. The molecule has 1 atom stereocenters. The number of benzene rings is 1. The summed E-state index contributed by atoms with van der Waals surface area (Å²) in [6.07, 6.45) is 1.79. The molecule has 3 heterocycles. The Morgan fingerprint density at radius 3 is 2.73 bits per heavy atom. The number of carbonyl (C=O) groups excluding carboxylic acids is 1. The lowest BCUT2D eigenvalue weighted by atomic mass is 9.72. The summed E-state index contributed by atoms with van der Waals surface area (Å²) in [6.45, 7) is 6.48. The van der Waals surface area contributed by atoms with Crippen LogP contribution in [0.1, 0.15) is 36.0 Å². The predicted octanol–water partition coefficient (Wildman–Crippen LogP) is 3.11. The molecule has 1 N–H and O–H groups in total. The number of amides is 2. The van der Waals surface area contributed by atoms with Gasteiger partial charge in [0.25, 0.3) is 0 Å². The number of para-hydroxylation sites is 1. The van der Waals surface area contributed by atoms with Gasteiger partial charge in [-0.3, -0.25) is 0 Å². The molecule has 7 heteroatoms. The topological polar surface area (TPSA) is 80.5 Å². The minimum atomic E-state index is -0.0797. The number of ether oxygens (including phenoxy) is 1. The van der Waals surface area contributed by atoms with Crippen molar-refractivity contribution in [3.8, 4) is 0 Å². The molecule has 138 valence electrons. The van der Waals surface area contributed by atoms with Crippen molar-refractivity contribution in [3.05, 3.63) is 41.5 Å². The second-order valence-electron chi connectivity index (χ2n) is 7.33. The van der Waals surface area contributed by atoms with E-state index in [-0.39, 0.29) is 17.4 Å². The zero-order valence-corrected chi connectivity index (χ0v) is 15.2. The molecule has 1 aromatic heterocycles. The average Bonchev–Trinajstić information content (AvgIpc) is 3.22. The van der Waals surface area contributed by atoms with Gasteiger partial charge in [0.05, 0.1) is 5.92 Å². The van der Waals surface area contributed by atoms with Gasteiger partial charge in [0.2, 0.25) is 5.89 Å². The van der Waals surface area contributed by atoms with Crippen molar-refractivity contribution in [2.24, 2.45) is 5.41 Å². The number of aromatic nitrogens is 2. The third-order valence-corrected chi connectivity index (χ3v) is 5.65. The van der Waals surface area contributed by atoms with Crippen molar-refractivity contribution in [1.82, 2.24) is 15.0 Å². The van der Waals surface area contributed by atoms with Gasteiger partial charge in [0.1, 0.15) is 0 Å². The summed E-state index contributed by atoms with van der Waals surface area (Å²) >= 11 is 0. The molecule has 2 aliphatic heterocycles. The fourth-order valence-electron chi connectivity index (χ4n) is 4.11. The average molecular weight is 356 g/mol. The molecule has 1 aromatic carbocycles. The number of likely N-dealkylation sites (tertiary alicyclic amines) is 1. The molecule has 0 radical (unpaired) electrons. The van der Waals surface area contributed by atoms with E-state index in [0.717, 1.165) is 24.1 Å².